The van der Waals surface area contributed by atoms with Gasteiger partial charge in [0.05, 0.1) is 6.54 Å². The van der Waals surface area contributed by atoms with Crippen LogP contribution in [0.4, 0.5) is 0 Å². The smallest absolute Gasteiger partial charge is 0.258 e. The van der Waals surface area contributed by atoms with E-state index in [9.17, 15) is 4.79 Å². The van der Waals surface area contributed by atoms with Crippen molar-refractivity contribution >= 4 is 5.91 Å². The largest absolute Gasteiger partial charge is 0.471 e. The van der Waals surface area contributed by atoms with Crippen molar-refractivity contribution in [3.8, 4) is 5.88 Å². The average molecular weight is 404 g/mol. The predicted molar refractivity (Wildman–Crippen MR) is 118 cm³/mol. The number of rotatable bonds is 7. The van der Waals surface area contributed by atoms with Gasteiger partial charge in [-0.1, -0.05) is 86.3 Å². The normalized spacial score (nSPS) is 14.8. The number of carbonyl (C=O) groups excluding carboxylic acids is 1. The second-order valence-electron chi connectivity index (χ2n) is 7.97. The summed E-state index contributed by atoms with van der Waals surface area (Å²) in [5, 5.41) is 7.81. The molecule has 1 aliphatic rings. The van der Waals surface area contributed by atoms with E-state index in [2.05, 4.69) is 22.5 Å². The first kappa shape index (κ1) is 20.2. The summed E-state index contributed by atoms with van der Waals surface area (Å²) in [6.07, 6.45) is 8.76. The maximum atomic E-state index is 13.1. The van der Waals surface area contributed by atoms with E-state index in [4.69, 9.17) is 4.74 Å². The molecule has 4 rings (SSSR count). The van der Waals surface area contributed by atoms with Gasteiger partial charge in [0.1, 0.15) is 12.2 Å². The van der Waals surface area contributed by atoms with E-state index in [1.165, 1.54) is 25.7 Å². The Labute approximate surface area is 178 Å². The fraction of sp³-hybridized carbons (Fsp3) is 0.360. The van der Waals surface area contributed by atoms with Crippen molar-refractivity contribution in [2.24, 2.45) is 0 Å². The standard InChI is InChI=1S/C25H29N3O2/c29-24(26-22-15-9-1-2-10-16-22)23-18-28(17-20-11-5-3-6-12-20)27-25(23)30-19-21-13-7-4-8-14-21/h3-8,11-14,18,22H,1-2,9-10,15-17,19H2,(H,26,29). The molecule has 156 valence electrons. The van der Waals surface area contributed by atoms with Crippen molar-refractivity contribution in [3.63, 3.8) is 0 Å². The highest BCUT2D eigenvalue weighted by Crippen LogP contribution is 2.21. The number of hydrogen-bond acceptors (Lipinski definition) is 3. The summed E-state index contributed by atoms with van der Waals surface area (Å²) in [7, 11) is 0. The van der Waals surface area contributed by atoms with Crippen molar-refractivity contribution in [1.82, 2.24) is 15.1 Å². The molecule has 30 heavy (non-hydrogen) atoms. The second kappa shape index (κ2) is 10.1. The van der Waals surface area contributed by atoms with Gasteiger partial charge in [-0.05, 0) is 24.0 Å². The van der Waals surface area contributed by atoms with Gasteiger partial charge in [-0.3, -0.25) is 9.48 Å². The number of nitrogens with zero attached hydrogens (tertiary/aromatic N) is 2. The van der Waals surface area contributed by atoms with Crippen LogP contribution < -0.4 is 10.1 Å². The summed E-state index contributed by atoms with van der Waals surface area (Å²) in [5.74, 6) is 0.296. The van der Waals surface area contributed by atoms with E-state index in [-0.39, 0.29) is 11.9 Å². The number of carbonyl (C=O) groups is 1. The Hall–Kier alpha value is -3.08. The van der Waals surface area contributed by atoms with E-state index < -0.39 is 0 Å². The number of benzene rings is 2. The first-order chi connectivity index (χ1) is 14.8. The number of amides is 1. The third kappa shape index (κ3) is 5.50. The first-order valence-corrected chi connectivity index (χ1v) is 10.9. The molecule has 0 radical (unpaired) electrons. The van der Waals surface area contributed by atoms with Gasteiger partial charge in [-0.2, -0.15) is 0 Å². The minimum Gasteiger partial charge on any atom is -0.471 e. The molecule has 1 fully saturated rings. The van der Waals surface area contributed by atoms with E-state index in [0.29, 0.717) is 24.6 Å². The quantitative estimate of drug-likeness (QED) is 0.567. The average Bonchev–Trinajstić information content (AvgIpc) is 3.00. The second-order valence-corrected chi connectivity index (χ2v) is 7.97. The van der Waals surface area contributed by atoms with Gasteiger partial charge in [-0.25, -0.2) is 0 Å². The van der Waals surface area contributed by atoms with Gasteiger partial charge in [0.15, 0.2) is 0 Å². The Morgan fingerprint density at radius 3 is 2.23 bits per heavy atom. The highest BCUT2D eigenvalue weighted by molar-refractivity contribution is 5.96. The zero-order valence-corrected chi connectivity index (χ0v) is 17.3. The summed E-state index contributed by atoms with van der Waals surface area (Å²) in [6.45, 7) is 0.978. The molecule has 1 aliphatic carbocycles. The highest BCUT2D eigenvalue weighted by Gasteiger charge is 2.22. The monoisotopic (exact) mass is 403 g/mol. The van der Waals surface area contributed by atoms with Crippen LogP contribution in [0.1, 0.15) is 60.0 Å². The van der Waals surface area contributed by atoms with Gasteiger partial charge in [0.2, 0.25) is 5.88 Å². The molecule has 5 heteroatoms. The highest BCUT2D eigenvalue weighted by atomic mass is 16.5. The van der Waals surface area contributed by atoms with Gasteiger partial charge >= 0.3 is 0 Å². The van der Waals surface area contributed by atoms with E-state index >= 15 is 0 Å². The van der Waals surface area contributed by atoms with Crippen LogP contribution in [0, 0.1) is 0 Å². The summed E-state index contributed by atoms with van der Waals surface area (Å²) in [4.78, 5) is 13.1. The van der Waals surface area contributed by atoms with Crippen LogP contribution in [0.25, 0.3) is 0 Å². The SMILES string of the molecule is O=C(NC1CCCCCC1)c1cn(Cc2ccccc2)nc1OCc1ccccc1. The summed E-state index contributed by atoms with van der Waals surface area (Å²) >= 11 is 0. The first-order valence-electron chi connectivity index (χ1n) is 10.9. The molecule has 0 aliphatic heterocycles. The van der Waals surface area contributed by atoms with E-state index in [0.717, 1.165) is 24.0 Å². The van der Waals surface area contributed by atoms with Crippen LogP contribution >= 0.6 is 0 Å². The Morgan fingerprint density at radius 2 is 1.57 bits per heavy atom. The van der Waals surface area contributed by atoms with Crippen LogP contribution in [0.5, 0.6) is 5.88 Å². The van der Waals surface area contributed by atoms with Crippen LogP contribution in [0.3, 0.4) is 0 Å². The molecule has 1 N–H and O–H groups in total. The number of aromatic nitrogens is 2. The predicted octanol–water partition coefficient (Wildman–Crippen LogP) is 4.96. The molecule has 1 saturated carbocycles. The topological polar surface area (TPSA) is 56.2 Å². The lowest BCUT2D eigenvalue weighted by molar-refractivity contribution is 0.0928. The van der Waals surface area contributed by atoms with Gasteiger partial charge in [-0.15, -0.1) is 5.10 Å². The van der Waals surface area contributed by atoms with E-state index in [1.54, 1.807) is 10.9 Å². The van der Waals surface area contributed by atoms with Crippen LogP contribution in [-0.4, -0.2) is 21.7 Å². The lowest BCUT2D eigenvalue weighted by Gasteiger charge is -2.16. The van der Waals surface area contributed by atoms with Gasteiger partial charge in [0.25, 0.3) is 5.91 Å². The third-order valence-corrected chi connectivity index (χ3v) is 5.57. The zero-order valence-electron chi connectivity index (χ0n) is 17.3. The summed E-state index contributed by atoms with van der Waals surface area (Å²) < 4.78 is 7.77. The molecule has 0 bridgehead atoms. The van der Waals surface area contributed by atoms with Crippen molar-refractivity contribution in [2.75, 3.05) is 0 Å². The molecule has 0 spiro atoms. The molecule has 1 aromatic heterocycles. The Bertz CT molecular complexity index is 930. The van der Waals surface area contributed by atoms with Crippen molar-refractivity contribution in [1.29, 1.82) is 0 Å². The lowest BCUT2D eigenvalue weighted by Crippen LogP contribution is -2.34. The van der Waals surface area contributed by atoms with Gasteiger partial charge in [0, 0.05) is 12.2 Å². The van der Waals surface area contributed by atoms with Crippen LogP contribution in [0.2, 0.25) is 0 Å². The minimum atomic E-state index is -0.0933. The molecule has 0 saturated heterocycles. The molecule has 0 atom stereocenters. The van der Waals surface area contributed by atoms with Crippen molar-refractivity contribution in [2.45, 2.75) is 57.7 Å². The van der Waals surface area contributed by atoms with Gasteiger partial charge < -0.3 is 10.1 Å². The molecule has 1 heterocycles. The Morgan fingerprint density at radius 1 is 0.933 bits per heavy atom. The summed E-state index contributed by atoms with van der Waals surface area (Å²) in [5.41, 5.74) is 2.68. The fourth-order valence-corrected chi connectivity index (χ4v) is 3.93. The third-order valence-electron chi connectivity index (χ3n) is 5.57. The Balaban J connectivity index is 1.51. The molecule has 1 amide bonds. The molecule has 2 aromatic carbocycles. The van der Waals surface area contributed by atoms with Crippen molar-refractivity contribution < 1.29 is 9.53 Å². The molecular formula is C25H29N3O2. The minimum absolute atomic E-state index is 0.0933. The van der Waals surface area contributed by atoms with E-state index in [1.807, 2.05) is 48.5 Å². The fourth-order valence-electron chi connectivity index (χ4n) is 3.93. The Kier molecular flexibility index (Phi) is 6.80. The zero-order chi connectivity index (χ0) is 20.6. The van der Waals surface area contributed by atoms with Crippen LogP contribution in [0.15, 0.2) is 66.9 Å². The number of nitrogens with one attached hydrogen (secondary N) is 1. The maximum Gasteiger partial charge on any atom is 0.258 e. The lowest BCUT2D eigenvalue weighted by atomic mass is 10.1. The molecular weight excluding hydrogens is 374 g/mol. The number of hydrogen-bond donors (Lipinski definition) is 1. The van der Waals surface area contributed by atoms with Crippen molar-refractivity contribution in [3.05, 3.63) is 83.6 Å². The number of ether oxygens (including phenoxy) is 1. The summed E-state index contributed by atoms with van der Waals surface area (Å²) in [6, 6.07) is 20.3. The molecule has 3 aromatic rings. The maximum absolute atomic E-state index is 13.1. The van der Waals surface area contributed by atoms with Crippen LogP contribution in [-0.2, 0) is 13.2 Å². The molecule has 0 unspecified atom stereocenters. The molecule has 5 nitrogen and oxygen atoms in total.